The molecular weight excluding hydrogens is 330 g/mol. The van der Waals surface area contributed by atoms with Gasteiger partial charge < -0.3 is 14.5 Å². The first-order chi connectivity index (χ1) is 12.5. The van der Waals surface area contributed by atoms with E-state index in [1.165, 1.54) is 0 Å². The molecule has 138 valence electrons. The summed E-state index contributed by atoms with van der Waals surface area (Å²) in [6.07, 6.45) is 4.57. The fourth-order valence-electron chi connectivity index (χ4n) is 4.25. The maximum absolute atomic E-state index is 12.5. The van der Waals surface area contributed by atoms with Gasteiger partial charge in [0.2, 0.25) is 17.6 Å². The number of aryl methyl sites for hydroxylation is 1. The van der Waals surface area contributed by atoms with Gasteiger partial charge in [-0.1, -0.05) is 35.5 Å². The molecule has 1 spiro atoms. The Morgan fingerprint density at radius 1 is 1.19 bits per heavy atom. The van der Waals surface area contributed by atoms with Gasteiger partial charge in [0.1, 0.15) is 0 Å². The van der Waals surface area contributed by atoms with Gasteiger partial charge in [0.05, 0.1) is 5.60 Å². The van der Waals surface area contributed by atoms with Crippen LogP contribution in [0.5, 0.6) is 0 Å². The maximum atomic E-state index is 12.5. The van der Waals surface area contributed by atoms with Crippen LogP contribution in [0.2, 0.25) is 0 Å². The number of hydrogen-bond donors (Lipinski definition) is 1. The molecule has 1 N–H and O–H groups in total. The Hall–Kier alpha value is -2.21. The average molecular weight is 355 g/mol. The number of likely N-dealkylation sites (tertiary alicyclic amines) is 1. The average Bonchev–Trinajstić information content (AvgIpc) is 3.15. The van der Waals surface area contributed by atoms with Crippen LogP contribution in [0.25, 0.3) is 11.4 Å². The van der Waals surface area contributed by atoms with Crippen LogP contribution in [0.1, 0.15) is 44.9 Å². The van der Waals surface area contributed by atoms with Gasteiger partial charge in [0.25, 0.3) is 0 Å². The summed E-state index contributed by atoms with van der Waals surface area (Å²) in [5, 5.41) is 14.4. The monoisotopic (exact) mass is 355 g/mol. The summed E-state index contributed by atoms with van der Waals surface area (Å²) < 4.78 is 5.28. The zero-order valence-electron chi connectivity index (χ0n) is 15.1. The van der Waals surface area contributed by atoms with Gasteiger partial charge in [0.15, 0.2) is 0 Å². The quantitative estimate of drug-likeness (QED) is 0.912. The molecule has 2 heterocycles. The highest BCUT2D eigenvalue weighted by Crippen LogP contribution is 2.56. The normalized spacial score (nSPS) is 24.5. The number of aliphatic hydroxyl groups is 1. The first kappa shape index (κ1) is 17.2. The Labute approximate surface area is 153 Å². The first-order valence-electron chi connectivity index (χ1n) is 9.37. The molecule has 2 aromatic rings. The molecule has 1 atom stereocenters. The van der Waals surface area contributed by atoms with E-state index >= 15 is 0 Å². The van der Waals surface area contributed by atoms with E-state index in [1.54, 1.807) is 0 Å². The Balaban J connectivity index is 1.29. The van der Waals surface area contributed by atoms with E-state index in [4.69, 9.17) is 4.52 Å². The van der Waals surface area contributed by atoms with Crippen LogP contribution in [0.3, 0.4) is 0 Å². The highest BCUT2D eigenvalue weighted by Gasteiger charge is 2.55. The third-order valence-electron chi connectivity index (χ3n) is 6.36. The number of benzene rings is 1. The molecule has 0 radical (unpaired) electrons. The molecule has 1 saturated carbocycles. The summed E-state index contributed by atoms with van der Waals surface area (Å²) in [6.45, 7) is 3.40. The van der Waals surface area contributed by atoms with Crippen LogP contribution >= 0.6 is 0 Å². The highest BCUT2D eigenvalue weighted by molar-refractivity contribution is 5.76. The number of aromatic nitrogens is 2. The third kappa shape index (κ3) is 3.03. The first-order valence-corrected chi connectivity index (χ1v) is 9.37. The Morgan fingerprint density at radius 3 is 2.54 bits per heavy atom. The number of rotatable bonds is 4. The van der Waals surface area contributed by atoms with Crippen LogP contribution in [0.15, 0.2) is 34.9 Å². The van der Waals surface area contributed by atoms with Crippen molar-refractivity contribution in [2.75, 3.05) is 13.1 Å². The molecule has 1 aliphatic carbocycles. The lowest BCUT2D eigenvalue weighted by atomic mass is 9.53. The van der Waals surface area contributed by atoms with Crippen molar-refractivity contribution in [3.8, 4) is 11.4 Å². The molecule has 1 unspecified atom stereocenters. The van der Waals surface area contributed by atoms with Crippen molar-refractivity contribution in [1.29, 1.82) is 0 Å². The fourth-order valence-corrected chi connectivity index (χ4v) is 4.25. The zero-order chi connectivity index (χ0) is 18.2. The van der Waals surface area contributed by atoms with Crippen LogP contribution in [-0.2, 0) is 11.2 Å². The minimum Gasteiger partial charge on any atom is -0.390 e. The lowest BCUT2D eigenvalue weighted by Gasteiger charge is -2.58. The molecule has 1 aromatic heterocycles. The molecule has 0 bridgehead atoms. The number of carbonyl (C=O) groups is 1. The van der Waals surface area contributed by atoms with E-state index in [9.17, 15) is 9.90 Å². The van der Waals surface area contributed by atoms with E-state index in [2.05, 4.69) is 10.1 Å². The van der Waals surface area contributed by atoms with Crippen molar-refractivity contribution in [3.05, 3.63) is 36.2 Å². The fraction of sp³-hybridized carbons (Fsp3) is 0.550. The minimum absolute atomic E-state index is 0.0286. The van der Waals surface area contributed by atoms with Gasteiger partial charge in [-0.3, -0.25) is 4.79 Å². The largest absolute Gasteiger partial charge is 0.390 e. The van der Waals surface area contributed by atoms with Crippen molar-refractivity contribution in [2.24, 2.45) is 5.41 Å². The molecule has 1 amide bonds. The molecule has 2 aliphatic rings. The van der Waals surface area contributed by atoms with Gasteiger partial charge in [-0.05, 0) is 32.6 Å². The van der Waals surface area contributed by atoms with Crippen molar-refractivity contribution in [1.82, 2.24) is 15.0 Å². The van der Waals surface area contributed by atoms with Gasteiger partial charge in [-0.2, -0.15) is 4.98 Å². The number of piperidine rings is 1. The van der Waals surface area contributed by atoms with Gasteiger partial charge in [-0.25, -0.2) is 0 Å². The second kappa shape index (κ2) is 6.50. The van der Waals surface area contributed by atoms with Gasteiger partial charge >= 0.3 is 0 Å². The van der Waals surface area contributed by atoms with Gasteiger partial charge in [-0.15, -0.1) is 0 Å². The predicted octanol–water partition coefficient (Wildman–Crippen LogP) is 2.82. The highest BCUT2D eigenvalue weighted by atomic mass is 16.5. The van der Waals surface area contributed by atoms with E-state index in [1.807, 2.05) is 42.2 Å². The van der Waals surface area contributed by atoms with E-state index in [0.29, 0.717) is 24.6 Å². The third-order valence-corrected chi connectivity index (χ3v) is 6.36. The van der Waals surface area contributed by atoms with Crippen molar-refractivity contribution >= 4 is 5.91 Å². The summed E-state index contributed by atoms with van der Waals surface area (Å²) in [7, 11) is 0. The van der Waals surface area contributed by atoms with Crippen molar-refractivity contribution in [3.63, 3.8) is 0 Å². The number of amides is 1. The smallest absolute Gasteiger partial charge is 0.227 e. The molecule has 4 rings (SSSR count). The standard InChI is InChI=1S/C20H25N3O3/c1-19(25)9-10-20(19)11-13-23(14-12-20)17(24)8-7-16-21-18(22-26-16)15-5-3-2-4-6-15/h2-6,25H,7-14H2,1H3. The van der Waals surface area contributed by atoms with Crippen molar-refractivity contribution in [2.45, 2.75) is 51.0 Å². The Kier molecular flexibility index (Phi) is 4.31. The Morgan fingerprint density at radius 2 is 1.92 bits per heavy atom. The van der Waals surface area contributed by atoms with Crippen molar-refractivity contribution < 1.29 is 14.4 Å². The van der Waals surface area contributed by atoms with Crippen LogP contribution in [-0.4, -0.2) is 44.7 Å². The molecule has 2 fully saturated rings. The summed E-state index contributed by atoms with van der Waals surface area (Å²) >= 11 is 0. The SMILES string of the molecule is CC1(O)CCC12CCN(C(=O)CCc1nc(-c3ccccc3)no1)CC2. The number of carbonyl (C=O) groups excluding carboxylic acids is 1. The minimum atomic E-state index is -0.556. The lowest BCUT2D eigenvalue weighted by molar-refractivity contribution is -0.180. The molecule has 1 aromatic carbocycles. The maximum Gasteiger partial charge on any atom is 0.227 e. The molecule has 1 saturated heterocycles. The summed E-state index contributed by atoms with van der Waals surface area (Å²) in [5.74, 6) is 1.17. The van der Waals surface area contributed by atoms with Crippen LogP contribution < -0.4 is 0 Å². The van der Waals surface area contributed by atoms with Crippen LogP contribution in [0.4, 0.5) is 0 Å². The number of nitrogens with zero attached hydrogens (tertiary/aromatic N) is 3. The topological polar surface area (TPSA) is 79.5 Å². The van der Waals surface area contributed by atoms with E-state index in [0.717, 1.165) is 44.3 Å². The van der Waals surface area contributed by atoms with Gasteiger partial charge in [0, 0.05) is 36.9 Å². The molecular formula is C20H25N3O3. The molecule has 1 aliphatic heterocycles. The van der Waals surface area contributed by atoms with E-state index in [-0.39, 0.29) is 11.3 Å². The molecule has 6 nitrogen and oxygen atoms in total. The number of hydrogen-bond acceptors (Lipinski definition) is 5. The second-order valence-electron chi connectivity index (χ2n) is 7.81. The summed E-state index contributed by atoms with van der Waals surface area (Å²) in [4.78, 5) is 18.8. The summed E-state index contributed by atoms with van der Waals surface area (Å²) in [6, 6.07) is 9.65. The van der Waals surface area contributed by atoms with E-state index < -0.39 is 5.60 Å². The Bertz CT molecular complexity index is 777. The molecule has 26 heavy (non-hydrogen) atoms. The lowest BCUT2D eigenvalue weighted by Crippen LogP contribution is -2.60. The zero-order valence-corrected chi connectivity index (χ0v) is 15.1. The molecule has 6 heteroatoms. The van der Waals surface area contributed by atoms with Crippen LogP contribution in [0, 0.1) is 5.41 Å². The predicted molar refractivity (Wildman–Crippen MR) is 96.2 cm³/mol. The second-order valence-corrected chi connectivity index (χ2v) is 7.81. The summed E-state index contributed by atoms with van der Waals surface area (Å²) in [5.41, 5.74) is 0.378.